The Kier molecular flexibility index (Phi) is 5.99. The zero-order valence-electron chi connectivity index (χ0n) is 9.89. The summed E-state index contributed by atoms with van der Waals surface area (Å²) < 4.78 is 6.47. The van der Waals surface area contributed by atoms with Crippen molar-refractivity contribution in [3.05, 3.63) is 11.9 Å². The molecule has 0 amide bonds. The van der Waals surface area contributed by atoms with E-state index in [-0.39, 0.29) is 0 Å². The lowest BCUT2D eigenvalue weighted by Gasteiger charge is -2.07. The largest absolute Gasteiger partial charge is 0.389 e. The molecule has 0 aliphatic heterocycles. The van der Waals surface area contributed by atoms with Gasteiger partial charge in [0, 0.05) is 19.9 Å². The van der Waals surface area contributed by atoms with Gasteiger partial charge in [-0.3, -0.25) is 0 Å². The number of hydrogen-bond acceptors (Lipinski definition) is 5. The topological polar surface area (TPSA) is 72.2 Å². The van der Waals surface area contributed by atoms with E-state index in [4.69, 9.17) is 4.74 Å². The Morgan fingerprint density at radius 1 is 1.62 bits per heavy atom. The zero-order valence-corrected chi connectivity index (χ0v) is 9.89. The molecular formula is C10H20N4O2. The first-order chi connectivity index (χ1) is 7.76. The Balaban J connectivity index is 2.33. The fourth-order valence-corrected chi connectivity index (χ4v) is 1.36. The molecule has 1 heterocycles. The molecule has 0 saturated heterocycles. The summed E-state index contributed by atoms with van der Waals surface area (Å²) in [4.78, 5) is 0. The van der Waals surface area contributed by atoms with Gasteiger partial charge in [-0.25, -0.2) is 4.68 Å². The number of aliphatic hydroxyl groups is 1. The van der Waals surface area contributed by atoms with E-state index >= 15 is 0 Å². The van der Waals surface area contributed by atoms with E-state index in [0.29, 0.717) is 19.7 Å². The lowest BCUT2D eigenvalue weighted by Crippen LogP contribution is -2.21. The second-order valence-electron chi connectivity index (χ2n) is 3.72. The number of methoxy groups -OCH3 is 1. The van der Waals surface area contributed by atoms with Crippen LogP contribution in [0.25, 0.3) is 0 Å². The summed E-state index contributed by atoms with van der Waals surface area (Å²) in [5, 5.41) is 20.7. The van der Waals surface area contributed by atoms with Crippen LogP contribution in [0.15, 0.2) is 6.20 Å². The van der Waals surface area contributed by atoms with Gasteiger partial charge in [-0.2, -0.15) is 0 Å². The molecule has 0 aliphatic carbocycles. The number of nitrogens with zero attached hydrogens (tertiary/aromatic N) is 3. The Morgan fingerprint density at radius 3 is 3.12 bits per heavy atom. The number of aliphatic hydroxyl groups excluding tert-OH is 1. The highest BCUT2D eigenvalue weighted by molar-refractivity contribution is 4.91. The highest BCUT2D eigenvalue weighted by Gasteiger charge is 2.06. The summed E-state index contributed by atoms with van der Waals surface area (Å²) in [6.45, 7) is 4.52. The molecule has 6 heteroatoms. The van der Waals surface area contributed by atoms with Gasteiger partial charge in [0.05, 0.1) is 24.9 Å². The smallest absolute Gasteiger partial charge is 0.0969 e. The van der Waals surface area contributed by atoms with E-state index in [2.05, 4.69) is 22.6 Å². The Morgan fingerprint density at radius 2 is 2.44 bits per heavy atom. The summed E-state index contributed by atoms with van der Waals surface area (Å²) in [7, 11) is 1.56. The molecule has 1 aromatic rings. The summed E-state index contributed by atoms with van der Waals surface area (Å²) in [5.74, 6) is 0. The number of nitrogens with one attached hydrogen (secondary N) is 1. The van der Waals surface area contributed by atoms with Crippen molar-refractivity contribution in [3.8, 4) is 0 Å². The molecule has 1 unspecified atom stereocenters. The standard InChI is InChI=1S/C10H20N4O2/c1-3-4-11-5-9-6-14(13-12-9)7-10(15)8-16-2/h6,10-11,15H,3-5,7-8H2,1-2H3. The number of rotatable bonds is 8. The minimum atomic E-state index is -0.539. The van der Waals surface area contributed by atoms with Crippen molar-refractivity contribution >= 4 is 0 Å². The van der Waals surface area contributed by atoms with Crippen molar-refractivity contribution in [1.29, 1.82) is 0 Å². The lowest BCUT2D eigenvalue weighted by atomic mass is 10.4. The second-order valence-corrected chi connectivity index (χ2v) is 3.72. The first-order valence-corrected chi connectivity index (χ1v) is 5.53. The van der Waals surface area contributed by atoms with Gasteiger partial charge in [-0.1, -0.05) is 12.1 Å². The number of aromatic nitrogens is 3. The summed E-state index contributed by atoms with van der Waals surface area (Å²) in [6, 6.07) is 0. The lowest BCUT2D eigenvalue weighted by molar-refractivity contribution is 0.0510. The second kappa shape index (κ2) is 7.32. The minimum absolute atomic E-state index is 0.309. The van der Waals surface area contributed by atoms with Gasteiger partial charge in [0.2, 0.25) is 0 Å². The molecule has 0 bridgehead atoms. The van der Waals surface area contributed by atoms with Crippen LogP contribution in [0.3, 0.4) is 0 Å². The SMILES string of the molecule is CCCNCc1cn(CC(O)COC)nn1. The van der Waals surface area contributed by atoms with Crippen LogP contribution < -0.4 is 5.32 Å². The molecule has 0 radical (unpaired) electrons. The van der Waals surface area contributed by atoms with Crippen LogP contribution in [-0.4, -0.2) is 46.5 Å². The first kappa shape index (κ1) is 13.1. The molecule has 92 valence electrons. The molecule has 0 aliphatic rings. The summed E-state index contributed by atoms with van der Waals surface area (Å²) in [6.07, 6.45) is 2.39. The van der Waals surface area contributed by atoms with Gasteiger partial charge in [0.25, 0.3) is 0 Å². The molecule has 0 spiro atoms. The Labute approximate surface area is 95.6 Å². The van der Waals surface area contributed by atoms with Crippen molar-refractivity contribution in [2.75, 3.05) is 20.3 Å². The van der Waals surface area contributed by atoms with Crippen molar-refractivity contribution < 1.29 is 9.84 Å². The van der Waals surface area contributed by atoms with Gasteiger partial charge in [0.1, 0.15) is 0 Å². The molecule has 6 nitrogen and oxygen atoms in total. The zero-order chi connectivity index (χ0) is 11.8. The molecule has 0 saturated carbocycles. The highest BCUT2D eigenvalue weighted by atomic mass is 16.5. The molecule has 16 heavy (non-hydrogen) atoms. The monoisotopic (exact) mass is 228 g/mol. The quantitative estimate of drug-likeness (QED) is 0.602. The fourth-order valence-electron chi connectivity index (χ4n) is 1.36. The van der Waals surface area contributed by atoms with Crippen LogP contribution in [0.5, 0.6) is 0 Å². The maximum Gasteiger partial charge on any atom is 0.0969 e. The predicted molar refractivity (Wildman–Crippen MR) is 59.9 cm³/mol. The third-order valence-corrected chi connectivity index (χ3v) is 2.08. The van der Waals surface area contributed by atoms with Crippen molar-refractivity contribution in [2.24, 2.45) is 0 Å². The summed E-state index contributed by atoms with van der Waals surface area (Å²) in [5.41, 5.74) is 0.887. The van der Waals surface area contributed by atoms with Crippen molar-refractivity contribution in [2.45, 2.75) is 32.5 Å². The Hall–Kier alpha value is -0.980. The van der Waals surface area contributed by atoms with Gasteiger partial charge < -0.3 is 15.2 Å². The molecule has 2 N–H and O–H groups in total. The molecular weight excluding hydrogens is 208 g/mol. The van der Waals surface area contributed by atoms with E-state index in [9.17, 15) is 5.11 Å². The third-order valence-electron chi connectivity index (χ3n) is 2.08. The molecule has 1 rings (SSSR count). The number of ether oxygens (including phenoxy) is 1. The van der Waals surface area contributed by atoms with Crippen LogP contribution in [0.1, 0.15) is 19.0 Å². The molecule has 0 fully saturated rings. The highest BCUT2D eigenvalue weighted by Crippen LogP contribution is 1.95. The minimum Gasteiger partial charge on any atom is -0.389 e. The van der Waals surface area contributed by atoms with Gasteiger partial charge >= 0.3 is 0 Å². The molecule has 1 atom stereocenters. The van der Waals surface area contributed by atoms with E-state index in [1.54, 1.807) is 11.8 Å². The van der Waals surface area contributed by atoms with E-state index in [0.717, 1.165) is 18.7 Å². The fraction of sp³-hybridized carbons (Fsp3) is 0.800. The van der Waals surface area contributed by atoms with Crippen LogP contribution >= 0.6 is 0 Å². The first-order valence-electron chi connectivity index (χ1n) is 5.53. The van der Waals surface area contributed by atoms with Gasteiger partial charge in [-0.05, 0) is 13.0 Å². The van der Waals surface area contributed by atoms with Crippen LogP contribution in [0, 0.1) is 0 Å². The molecule has 0 aromatic carbocycles. The van der Waals surface area contributed by atoms with Crippen molar-refractivity contribution in [1.82, 2.24) is 20.3 Å². The average molecular weight is 228 g/mol. The normalized spacial score (nSPS) is 12.9. The van der Waals surface area contributed by atoms with Crippen LogP contribution in [0.2, 0.25) is 0 Å². The summed E-state index contributed by atoms with van der Waals surface area (Å²) >= 11 is 0. The molecule has 1 aromatic heterocycles. The maximum atomic E-state index is 9.50. The van der Waals surface area contributed by atoms with Gasteiger partial charge in [0.15, 0.2) is 0 Å². The average Bonchev–Trinajstić information content (AvgIpc) is 2.66. The number of hydrogen-bond donors (Lipinski definition) is 2. The van der Waals surface area contributed by atoms with E-state index in [1.165, 1.54) is 0 Å². The third kappa shape index (κ3) is 4.69. The van der Waals surface area contributed by atoms with Gasteiger partial charge in [-0.15, -0.1) is 5.10 Å². The maximum absolute atomic E-state index is 9.50. The predicted octanol–water partition coefficient (Wildman–Crippen LogP) is -0.215. The Bertz CT molecular complexity index is 290. The van der Waals surface area contributed by atoms with Crippen LogP contribution in [0.4, 0.5) is 0 Å². The van der Waals surface area contributed by atoms with E-state index < -0.39 is 6.10 Å². The van der Waals surface area contributed by atoms with E-state index in [1.807, 2.05) is 6.20 Å². The van der Waals surface area contributed by atoms with Crippen LogP contribution in [-0.2, 0) is 17.8 Å². The van der Waals surface area contributed by atoms with Crippen molar-refractivity contribution in [3.63, 3.8) is 0 Å².